The molecule has 0 heterocycles. The molecule has 0 radical (unpaired) electrons. The van der Waals surface area contributed by atoms with Crippen LogP contribution in [0, 0.1) is 5.92 Å². The van der Waals surface area contributed by atoms with Gasteiger partial charge in [-0.1, -0.05) is 27.7 Å². The van der Waals surface area contributed by atoms with Crippen LogP contribution in [-0.2, 0) is 14.3 Å². The van der Waals surface area contributed by atoms with Gasteiger partial charge in [0.05, 0.1) is 7.11 Å². The minimum absolute atomic E-state index is 0.0180. The summed E-state index contributed by atoms with van der Waals surface area (Å²) in [5.74, 6) is -0.517. The second-order valence-electron chi connectivity index (χ2n) is 4.67. The van der Waals surface area contributed by atoms with Gasteiger partial charge in [-0.25, -0.2) is 4.79 Å². The topological polar surface area (TPSA) is 67.4 Å². The minimum atomic E-state index is -0.563. The summed E-state index contributed by atoms with van der Waals surface area (Å²) < 4.78 is 4.65. The van der Waals surface area contributed by atoms with Crippen LogP contribution in [0.15, 0.2) is 0 Å². The Balaban J connectivity index is 4.09. The number of amides is 1. The largest absolute Gasteiger partial charge is 0.467 e. The molecule has 0 bridgehead atoms. The van der Waals surface area contributed by atoms with Gasteiger partial charge in [0.1, 0.15) is 6.04 Å². The van der Waals surface area contributed by atoms with Crippen molar-refractivity contribution in [1.82, 2.24) is 10.6 Å². The van der Waals surface area contributed by atoms with Gasteiger partial charge in [-0.05, 0) is 5.92 Å². The highest BCUT2D eigenvalue weighted by molar-refractivity contribution is 5.84. The molecule has 5 nitrogen and oxygen atoms in total. The van der Waals surface area contributed by atoms with Gasteiger partial charge in [-0.15, -0.1) is 0 Å². The van der Waals surface area contributed by atoms with E-state index in [1.54, 1.807) is 0 Å². The van der Waals surface area contributed by atoms with Crippen molar-refractivity contribution in [2.75, 3.05) is 13.7 Å². The molecule has 2 N–H and O–H groups in total. The maximum atomic E-state index is 11.6. The molecule has 0 aromatic carbocycles. The van der Waals surface area contributed by atoms with Gasteiger partial charge in [-0.3, -0.25) is 4.79 Å². The average molecular weight is 244 g/mol. The third-order valence-corrected chi connectivity index (χ3v) is 2.34. The summed E-state index contributed by atoms with van der Waals surface area (Å²) in [6, 6.07) is -0.212. The van der Waals surface area contributed by atoms with Crippen molar-refractivity contribution in [2.24, 2.45) is 5.92 Å². The maximum Gasteiger partial charge on any atom is 0.328 e. The first kappa shape index (κ1) is 15.9. The van der Waals surface area contributed by atoms with E-state index in [2.05, 4.69) is 15.4 Å². The van der Waals surface area contributed by atoms with Crippen molar-refractivity contribution in [3.05, 3.63) is 0 Å². The monoisotopic (exact) mass is 244 g/mol. The van der Waals surface area contributed by atoms with E-state index in [1.165, 1.54) is 7.11 Å². The van der Waals surface area contributed by atoms with E-state index < -0.39 is 12.0 Å². The van der Waals surface area contributed by atoms with E-state index in [9.17, 15) is 9.59 Å². The number of esters is 1. The van der Waals surface area contributed by atoms with Crippen molar-refractivity contribution in [3.8, 4) is 0 Å². The Morgan fingerprint density at radius 2 is 1.76 bits per heavy atom. The summed E-state index contributed by atoms with van der Waals surface area (Å²) >= 11 is 0. The summed E-state index contributed by atoms with van der Waals surface area (Å²) in [5.41, 5.74) is 0. The number of methoxy groups -OCH3 is 1. The van der Waals surface area contributed by atoms with Crippen LogP contribution in [0.4, 0.5) is 0 Å². The molecule has 5 heteroatoms. The molecule has 0 saturated carbocycles. The van der Waals surface area contributed by atoms with Gasteiger partial charge in [-0.2, -0.15) is 0 Å². The van der Waals surface area contributed by atoms with Crippen molar-refractivity contribution in [3.63, 3.8) is 0 Å². The van der Waals surface area contributed by atoms with Crippen molar-refractivity contribution < 1.29 is 14.3 Å². The van der Waals surface area contributed by atoms with Gasteiger partial charge in [0.15, 0.2) is 0 Å². The van der Waals surface area contributed by atoms with Crippen LogP contribution in [0.1, 0.15) is 34.1 Å². The number of hydrogen-bond donors (Lipinski definition) is 2. The summed E-state index contributed by atoms with van der Waals surface area (Å²) in [6.45, 7) is 8.38. The standard InChI is InChI=1S/C12H24N2O3/c1-8(2)11(12(16)17-5)14-10(15)6-7-13-9(3)4/h8-9,11,13H,6-7H2,1-5H3,(H,14,15)/t11-/m1/s1. The smallest absolute Gasteiger partial charge is 0.328 e. The molecule has 1 atom stereocenters. The summed E-state index contributed by atoms with van der Waals surface area (Å²) in [6.07, 6.45) is 0.360. The molecule has 0 aromatic heterocycles. The van der Waals surface area contributed by atoms with Gasteiger partial charge < -0.3 is 15.4 Å². The SMILES string of the molecule is COC(=O)[C@H](NC(=O)CCNC(C)C)C(C)C. The Bertz CT molecular complexity index is 252. The maximum absolute atomic E-state index is 11.6. The van der Waals surface area contributed by atoms with Crippen molar-refractivity contribution in [2.45, 2.75) is 46.2 Å². The first-order valence-electron chi connectivity index (χ1n) is 5.99. The van der Waals surface area contributed by atoms with Crippen LogP contribution >= 0.6 is 0 Å². The molecule has 0 aliphatic rings. The van der Waals surface area contributed by atoms with Crippen LogP contribution in [0.5, 0.6) is 0 Å². The zero-order chi connectivity index (χ0) is 13.4. The molecule has 100 valence electrons. The first-order chi connectivity index (χ1) is 7.88. The highest BCUT2D eigenvalue weighted by Crippen LogP contribution is 2.03. The molecule has 1 amide bonds. The van der Waals surface area contributed by atoms with Gasteiger partial charge in [0, 0.05) is 19.0 Å². The second kappa shape index (κ2) is 8.06. The van der Waals surface area contributed by atoms with Crippen molar-refractivity contribution >= 4 is 11.9 Å². The number of nitrogens with one attached hydrogen (secondary N) is 2. The van der Waals surface area contributed by atoms with E-state index >= 15 is 0 Å². The van der Waals surface area contributed by atoms with Crippen LogP contribution in [0.3, 0.4) is 0 Å². The zero-order valence-corrected chi connectivity index (χ0v) is 11.4. The van der Waals surface area contributed by atoms with Crippen LogP contribution < -0.4 is 10.6 Å². The third kappa shape index (κ3) is 6.94. The van der Waals surface area contributed by atoms with Crippen LogP contribution in [-0.4, -0.2) is 37.6 Å². The minimum Gasteiger partial charge on any atom is -0.467 e. The highest BCUT2D eigenvalue weighted by atomic mass is 16.5. The van der Waals surface area contributed by atoms with Crippen LogP contribution in [0.25, 0.3) is 0 Å². The van der Waals surface area contributed by atoms with Crippen molar-refractivity contribution in [1.29, 1.82) is 0 Å². The molecule has 0 aliphatic heterocycles. The quantitative estimate of drug-likeness (QED) is 0.647. The Morgan fingerprint density at radius 1 is 1.18 bits per heavy atom. The van der Waals surface area contributed by atoms with E-state index in [0.29, 0.717) is 19.0 Å². The predicted octanol–water partition coefficient (Wildman–Crippen LogP) is 0.688. The van der Waals surface area contributed by atoms with Gasteiger partial charge >= 0.3 is 5.97 Å². The summed E-state index contributed by atoms with van der Waals surface area (Å²) in [5, 5.41) is 5.83. The van der Waals surface area contributed by atoms with E-state index in [-0.39, 0.29) is 11.8 Å². The number of rotatable bonds is 7. The Labute approximate surface area is 103 Å². The second-order valence-corrected chi connectivity index (χ2v) is 4.67. The fourth-order valence-electron chi connectivity index (χ4n) is 1.34. The lowest BCUT2D eigenvalue weighted by atomic mass is 10.0. The van der Waals surface area contributed by atoms with E-state index in [1.807, 2.05) is 27.7 Å². The zero-order valence-electron chi connectivity index (χ0n) is 11.4. The lowest BCUT2D eigenvalue weighted by molar-refractivity contribution is -0.146. The highest BCUT2D eigenvalue weighted by Gasteiger charge is 2.24. The molecule has 0 unspecified atom stereocenters. The molecule has 0 aromatic rings. The molecule has 17 heavy (non-hydrogen) atoms. The summed E-state index contributed by atoms with van der Waals surface area (Å²) in [7, 11) is 1.32. The first-order valence-corrected chi connectivity index (χ1v) is 5.99. The number of ether oxygens (including phenoxy) is 1. The fourth-order valence-corrected chi connectivity index (χ4v) is 1.34. The van der Waals surface area contributed by atoms with Gasteiger partial charge in [0.25, 0.3) is 0 Å². The summed E-state index contributed by atoms with van der Waals surface area (Å²) in [4.78, 5) is 23.0. The normalized spacial score (nSPS) is 12.6. The number of hydrogen-bond acceptors (Lipinski definition) is 4. The Hall–Kier alpha value is -1.10. The fraction of sp³-hybridized carbons (Fsp3) is 0.833. The average Bonchev–Trinajstić information content (AvgIpc) is 2.24. The van der Waals surface area contributed by atoms with E-state index in [4.69, 9.17) is 0 Å². The van der Waals surface area contributed by atoms with Crippen LogP contribution in [0.2, 0.25) is 0 Å². The Morgan fingerprint density at radius 3 is 2.18 bits per heavy atom. The molecule has 0 fully saturated rings. The van der Waals surface area contributed by atoms with Gasteiger partial charge in [0.2, 0.25) is 5.91 Å². The third-order valence-electron chi connectivity index (χ3n) is 2.34. The molecule has 0 saturated heterocycles. The number of carbonyl (C=O) groups is 2. The number of carbonyl (C=O) groups excluding carboxylic acids is 2. The predicted molar refractivity (Wildman–Crippen MR) is 66.5 cm³/mol. The Kier molecular flexibility index (Phi) is 7.54. The lowest BCUT2D eigenvalue weighted by Gasteiger charge is -2.20. The van der Waals surface area contributed by atoms with E-state index in [0.717, 1.165) is 0 Å². The molecule has 0 aliphatic carbocycles. The molecule has 0 spiro atoms. The molecule has 0 rings (SSSR count). The molecular weight excluding hydrogens is 220 g/mol. The lowest BCUT2D eigenvalue weighted by Crippen LogP contribution is -2.45. The molecular formula is C12H24N2O3.